The molecular formula is C19H30N2O2. The van der Waals surface area contributed by atoms with Crippen LogP contribution in [0.3, 0.4) is 0 Å². The van der Waals surface area contributed by atoms with Crippen LogP contribution in [-0.4, -0.2) is 30.1 Å². The Morgan fingerprint density at radius 3 is 2.57 bits per heavy atom. The molecule has 1 aliphatic rings. The Kier molecular flexibility index (Phi) is 6.58. The molecule has 2 rings (SSSR count). The van der Waals surface area contributed by atoms with Gasteiger partial charge in [0.05, 0.1) is 5.41 Å². The highest BCUT2D eigenvalue weighted by Crippen LogP contribution is 2.26. The lowest BCUT2D eigenvalue weighted by atomic mass is 9.88. The highest BCUT2D eigenvalue weighted by molar-refractivity contribution is 5.75. The molecule has 1 aromatic heterocycles. The molecule has 23 heavy (non-hydrogen) atoms. The molecule has 0 aliphatic carbocycles. The average molecular weight is 318 g/mol. The molecule has 0 amide bonds. The summed E-state index contributed by atoms with van der Waals surface area (Å²) in [6, 6.07) is 4.11. The van der Waals surface area contributed by atoms with Gasteiger partial charge in [-0.2, -0.15) is 0 Å². The molecule has 1 atom stereocenters. The zero-order valence-corrected chi connectivity index (χ0v) is 14.7. The molecule has 1 N–H and O–H groups in total. The average Bonchev–Trinajstić information content (AvgIpc) is 2.54. The maximum absolute atomic E-state index is 12.3. The number of nitrogens with zero attached hydrogens (tertiary/aromatic N) is 1. The van der Waals surface area contributed by atoms with E-state index in [0.29, 0.717) is 5.92 Å². The molecule has 1 aliphatic heterocycles. The van der Waals surface area contributed by atoms with E-state index in [1.165, 1.54) is 5.56 Å². The first-order valence-corrected chi connectivity index (χ1v) is 8.77. The minimum absolute atomic E-state index is 0.0469. The van der Waals surface area contributed by atoms with Crippen LogP contribution in [-0.2, 0) is 16.0 Å². The maximum Gasteiger partial charge on any atom is 0.311 e. The lowest BCUT2D eigenvalue weighted by Gasteiger charge is -2.32. The molecule has 0 bridgehead atoms. The summed E-state index contributed by atoms with van der Waals surface area (Å²) in [6.45, 7) is 7.82. The van der Waals surface area contributed by atoms with Crippen molar-refractivity contribution in [2.24, 2.45) is 11.3 Å². The van der Waals surface area contributed by atoms with Crippen molar-refractivity contribution >= 4 is 5.97 Å². The molecule has 1 unspecified atom stereocenters. The number of hydrogen-bond acceptors (Lipinski definition) is 4. The van der Waals surface area contributed by atoms with Gasteiger partial charge in [-0.15, -0.1) is 0 Å². The molecule has 4 nitrogen and oxygen atoms in total. The van der Waals surface area contributed by atoms with E-state index in [2.05, 4.69) is 22.4 Å². The monoisotopic (exact) mass is 318 g/mol. The third kappa shape index (κ3) is 5.94. The molecule has 0 spiro atoms. The van der Waals surface area contributed by atoms with E-state index in [1.54, 1.807) is 0 Å². The SMILES string of the molecule is CC(C)(C)C(=O)OC(CCCc1ccncc1)C1CCNCC1. The first-order valence-electron chi connectivity index (χ1n) is 8.77. The fourth-order valence-electron chi connectivity index (χ4n) is 2.98. The van der Waals surface area contributed by atoms with Crippen LogP contribution in [0.4, 0.5) is 0 Å². The van der Waals surface area contributed by atoms with E-state index in [9.17, 15) is 4.79 Å². The van der Waals surface area contributed by atoms with E-state index in [1.807, 2.05) is 33.2 Å². The van der Waals surface area contributed by atoms with Gasteiger partial charge in [0.1, 0.15) is 6.10 Å². The quantitative estimate of drug-likeness (QED) is 0.817. The number of pyridine rings is 1. The first-order chi connectivity index (χ1) is 11.0. The van der Waals surface area contributed by atoms with Crippen LogP contribution in [0.25, 0.3) is 0 Å². The number of hydrogen-bond donors (Lipinski definition) is 1. The largest absolute Gasteiger partial charge is 0.462 e. The molecule has 0 saturated carbocycles. The summed E-state index contributed by atoms with van der Waals surface area (Å²) in [7, 11) is 0. The topological polar surface area (TPSA) is 51.2 Å². The Morgan fingerprint density at radius 2 is 1.96 bits per heavy atom. The van der Waals surface area contributed by atoms with Gasteiger partial charge in [-0.1, -0.05) is 0 Å². The molecule has 1 saturated heterocycles. The van der Waals surface area contributed by atoms with Crippen LogP contribution >= 0.6 is 0 Å². The summed E-state index contributed by atoms with van der Waals surface area (Å²) in [4.78, 5) is 16.4. The van der Waals surface area contributed by atoms with Gasteiger partial charge in [0.2, 0.25) is 0 Å². The van der Waals surface area contributed by atoms with Gasteiger partial charge >= 0.3 is 5.97 Å². The lowest BCUT2D eigenvalue weighted by molar-refractivity contribution is -0.162. The van der Waals surface area contributed by atoms with Crippen molar-refractivity contribution in [3.05, 3.63) is 30.1 Å². The van der Waals surface area contributed by atoms with Crippen LogP contribution in [0.1, 0.15) is 52.0 Å². The fraction of sp³-hybridized carbons (Fsp3) is 0.684. The van der Waals surface area contributed by atoms with Crippen molar-refractivity contribution in [2.75, 3.05) is 13.1 Å². The maximum atomic E-state index is 12.3. The molecule has 0 aromatic carbocycles. The standard InChI is InChI=1S/C19H30N2O2/c1-19(2,3)18(22)23-17(16-9-13-21-14-10-16)6-4-5-15-7-11-20-12-8-15/h7-8,11-12,16-17,21H,4-6,9-10,13-14H2,1-3H3. The van der Waals surface area contributed by atoms with Crippen LogP contribution in [0.2, 0.25) is 0 Å². The zero-order valence-electron chi connectivity index (χ0n) is 14.7. The first kappa shape index (κ1) is 17.9. The predicted molar refractivity (Wildman–Crippen MR) is 92.1 cm³/mol. The van der Waals surface area contributed by atoms with Gasteiger partial charge in [0.15, 0.2) is 0 Å². The number of carbonyl (C=O) groups excluding carboxylic acids is 1. The van der Waals surface area contributed by atoms with Gasteiger partial charge in [-0.25, -0.2) is 0 Å². The molecule has 1 fully saturated rings. The molecular weight excluding hydrogens is 288 g/mol. The van der Waals surface area contributed by atoms with Crippen LogP contribution in [0, 0.1) is 11.3 Å². The third-order valence-electron chi connectivity index (χ3n) is 4.48. The lowest BCUT2D eigenvalue weighted by Crippen LogP contribution is -2.38. The fourth-order valence-corrected chi connectivity index (χ4v) is 2.98. The Balaban J connectivity index is 1.91. The number of ether oxygens (including phenoxy) is 1. The number of piperidine rings is 1. The smallest absolute Gasteiger partial charge is 0.311 e. The summed E-state index contributed by atoms with van der Waals surface area (Å²) in [5, 5.41) is 3.39. The second kappa shape index (κ2) is 8.44. The van der Waals surface area contributed by atoms with Gasteiger partial charge < -0.3 is 10.1 Å². The van der Waals surface area contributed by atoms with Gasteiger partial charge in [0.25, 0.3) is 0 Å². The number of aryl methyl sites for hydroxylation is 1. The third-order valence-corrected chi connectivity index (χ3v) is 4.48. The molecule has 1 aromatic rings. The van der Waals surface area contributed by atoms with Crippen molar-refractivity contribution in [2.45, 2.75) is 59.0 Å². The van der Waals surface area contributed by atoms with Crippen molar-refractivity contribution in [1.82, 2.24) is 10.3 Å². The minimum Gasteiger partial charge on any atom is -0.462 e. The van der Waals surface area contributed by atoms with Crippen molar-refractivity contribution in [1.29, 1.82) is 0 Å². The van der Waals surface area contributed by atoms with Crippen molar-refractivity contribution in [3.8, 4) is 0 Å². The molecule has 128 valence electrons. The number of carbonyl (C=O) groups is 1. The van der Waals surface area contributed by atoms with Gasteiger partial charge in [0, 0.05) is 12.4 Å². The zero-order chi connectivity index (χ0) is 16.7. The highest BCUT2D eigenvalue weighted by atomic mass is 16.5. The van der Waals surface area contributed by atoms with E-state index < -0.39 is 5.41 Å². The normalized spacial score (nSPS) is 17.7. The minimum atomic E-state index is -0.434. The number of nitrogens with one attached hydrogen (secondary N) is 1. The number of rotatable bonds is 6. The van der Waals surface area contributed by atoms with Crippen LogP contribution in [0.5, 0.6) is 0 Å². The second-order valence-corrected chi connectivity index (χ2v) is 7.53. The summed E-state index contributed by atoms with van der Waals surface area (Å²) in [5.41, 5.74) is 0.863. The Hall–Kier alpha value is -1.42. The van der Waals surface area contributed by atoms with Crippen molar-refractivity contribution < 1.29 is 9.53 Å². The number of aromatic nitrogens is 1. The second-order valence-electron chi connectivity index (χ2n) is 7.53. The summed E-state index contributed by atoms with van der Waals surface area (Å²) < 4.78 is 5.91. The Morgan fingerprint density at radius 1 is 1.30 bits per heavy atom. The van der Waals surface area contributed by atoms with Crippen molar-refractivity contribution in [3.63, 3.8) is 0 Å². The van der Waals surface area contributed by atoms with E-state index >= 15 is 0 Å². The summed E-state index contributed by atoms with van der Waals surface area (Å²) >= 11 is 0. The highest BCUT2D eigenvalue weighted by Gasteiger charge is 2.31. The van der Waals surface area contributed by atoms with Crippen LogP contribution in [0.15, 0.2) is 24.5 Å². The molecule has 4 heteroatoms. The summed E-state index contributed by atoms with van der Waals surface area (Å²) in [6.07, 6.45) is 8.89. The Bertz CT molecular complexity index is 476. The van der Waals surface area contributed by atoms with Gasteiger partial charge in [-0.3, -0.25) is 9.78 Å². The predicted octanol–water partition coefficient (Wildman–Crippen LogP) is 3.36. The number of esters is 1. The van der Waals surface area contributed by atoms with E-state index in [4.69, 9.17) is 4.74 Å². The Labute approximate surface area is 140 Å². The van der Waals surface area contributed by atoms with E-state index in [-0.39, 0.29) is 12.1 Å². The van der Waals surface area contributed by atoms with E-state index in [0.717, 1.165) is 45.2 Å². The summed E-state index contributed by atoms with van der Waals surface area (Å²) in [5.74, 6) is 0.407. The molecule has 0 radical (unpaired) electrons. The van der Waals surface area contributed by atoms with Gasteiger partial charge in [-0.05, 0) is 89.6 Å². The van der Waals surface area contributed by atoms with Crippen LogP contribution < -0.4 is 5.32 Å². The molecule has 2 heterocycles.